The van der Waals surface area contributed by atoms with Gasteiger partial charge in [-0.2, -0.15) is 4.73 Å². The van der Waals surface area contributed by atoms with E-state index in [1.54, 1.807) is 30.7 Å². The van der Waals surface area contributed by atoms with Gasteiger partial charge in [-0.05, 0) is 26.0 Å². The van der Waals surface area contributed by atoms with Gasteiger partial charge in [0, 0.05) is 5.56 Å². The molecule has 140 valence electrons. The smallest absolute Gasteiger partial charge is 0.357 e. The standard InChI is InChI=1S/C20H20N2O5/c1-4-26-19(23)14-11-17-15(21-18(14)20(24)27-5-2)12-16(22(17)25-3)13-9-7-6-8-10-13/h6-12H,4-5H2,1-3H3. The molecule has 0 fully saturated rings. The fraction of sp³-hybridized carbons (Fsp3) is 0.250. The highest BCUT2D eigenvalue weighted by atomic mass is 16.6. The number of rotatable bonds is 6. The lowest BCUT2D eigenvalue weighted by Crippen LogP contribution is -2.17. The average Bonchev–Trinajstić information content (AvgIpc) is 3.05. The molecule has 0 atom stereocenters. The predicted octanol–water partition coefficient (Wildman–Crippen LogP) is 3.12. The molecule has 0 aliphatic heterocycles. The van der Waals surface area contributed by atoms with E-state index in [0.29, 0.717) is 11.0 Å². The van der Waals surface area contributed by atoms with E-state index in [2.05, 4.69) is 4.98 Å². The number of pyridine rings is 1. The highest BCUT2D eigenvalue weighted by Crippen LogP contribution is 2.28. The predicted molar refractivity (Wildman–Crippen MR) is 99.6 cm³/mol. The number of aromatic nitrogens is 2. The molecule has 0 spiro atoms. The normalized spacial score (nSPS) is 10.6. The number of benzene rings is 1. The molecule has 2 heterocycles. The molecule has 0 N–H and O–H groups in total. The van der Waals surface area contributed by atoms with E-state index in [1.807, 2.05) is 30.3 Å². The lowest BCUT2D eigenvalue weighted by atomic mass is 10.1. The maximum atomic E-state index is 12.4. The molecule has 0 aliphatic rings. The maximum Gasteiger partial charge on any atom is 0.357 e. The average molecular weight is 368 g/mol. The van der Waals surface area contributed by atoms with Crippen molar-refractivity contribution in [2.75, 3.05) is 20.3 Å². The second-order valence-corrected chi connectivity index (χ2v) is 5.60. The van der Waals surface area contributed by atoms with Gasteiger partial charge in [-0.3, -0.25) is 0 Å². The molecular weight excluding hydrogens is 348 g/mol. The Morgan fingerprint density at radius 1 is 1.00 bits per heavy atom. The lowest BCUT2D eigenvalue weighted by Gasteiger charge is -2.10. The monoisotopic (exact) mass is 368 g/mol. The topological polar surface area (TPSA) is 79.7 Å². The zero-order valence-electron chi connectivity index (χ0n) is 15.4. The third-order valence-electron chi connectivity index (χ3n) is 3.96. The first-order valence-electron chi connectivity index (χ1n) is 8.61. The van der Waals surface area contributed by atoms with E-state index in [0.717, 1.165) is 11.3 Å². The summed E-state index contributed by atoms with van der Waals surface area (Å²) >= 11 is 0. The number of nitrogens with zero attached hydrogens (tertiary/aromatic N) is 2. The number of ether oxygens (including phenoxy) is 2. The Hall–Kier alpha value is -3.35. The van der Waals surface area contributed by atoms with Crippen LogP contribution < -0.4 is 4.84 Å². The molecular formula is C20H20N2O5. The third-order valence-corrected chi connectivity index (χ3v) is 3.96. The SMILES string of the molecule is CCOC(=O)c1cc2c(cc(-c3ccccc3)n2OC)nc1C(=O)OCC. The molecule has 0 amide bonds. The van der Waals surface area contributed by atoms with Gasteiger partial charge in [-0.15, -0.1) is 0 Å². The van der Waals surface area contributed by atoms with Crippen LogP contribution in [0.15, 0.2) is 42.5 Å². The van der Waals surface area contributed by atoms with Gasteiger partial charge in [-0.25, -0.2) is 14.6 Å². The zero-order valence-corrected chi connectivity index (χ0v) is 15.4. The summed E-state index contributed by atoms with van der Waals surface area (Å²) in [6.45, 7) is 3.74. The third kappa shape index (κ3) is 3.48. The summed E-state index contributed by atoms with van der Waals surface area (Å²) in [4.78, 5) is 34.6. The Balaban J connectivity index is 2.25. The molecule has 2 aromatic heterocycles. The molecule has 7 nitrogen and oxygen atoms in total. The van der Waals surface area contributed by atoms with Crippen LogP contribution in [0.4, 0.5) is 0 Å². The molecule has 0 saturated carbocycles. The van der Waals surface area contributed by atoms with Crippen molar-refractivity contribution < 1.29 is 23.9 Å². The first-order valence-corrected chi connectivity index (χ1v) is 8.61. The molecule has 27 heavy (non-hydrogen) atoms. The molecule has 0 radical (unpaired) electrons. The van der Waals surface area contributed by atoms with E-state index in [1.165, 1.54) is 7.11 Å². The minimum atomic E-state index is -0.672. The molecule has 0 saturated heterocycles. The Kier molecular flexibility index (Phi) is 5.40. The van der Waals surface area contributed by atoms with Crippen molar-refractivity contribution in [1.82, 2.24) is 9.71 Å². The first kappa shape index (κ1) is 18.4. The summed E-state index contributed by atoms with van der Waals surface area (Å²) in [5.74, 6) is -1.31. The van der Waals surface area contributed by atoms with Crippen LogP contribution in [0.25, 0.3) is 22.3 Å². The minimum absolute atomic E-state index is 0.0406. The first-order chi connectivity index (χ1) is 13.1. The Bertz CT molecular complexity index is 979. The second-order valence-electron chi connectivity index (χ2n) is 5.60. The van der Waals surface area contributed by atoms with Gasteiger partial charge in [0.05, 0.1) is 30.0 Å². The largest absolute Gasteiger partial charge is 0.462 e. The van der Waals surface area contributed by atoms with Crippen LogP contribution in [0.2, 0.25) is 0 Å². The Morgan fingerprint density at radius 2 is 1.67 bits per heavy atom. The van der Waals surface area contributed by atoms with Crippen molar-refractivity contribution in [3.05, 3.63) is 53.7 Å². The number of carbonyl (C=O) groups is 2. The molecule has 0 aliphatic carbocycles. The summed E-state index contributed by atoms with van der Waals surface area (Å²) < 4.78 is 11.7. The van der Waals surface area contributed by atoms with Crippen LogP contribution >= 0.6 is 0 Å². The lowest BCUT2D eigenvalue weighted by molar-refractivity contribution is 0.0474. The van der Waals surface area contributed by atoms with Crippen LogP contribution in [0, 0.1) is 0 Å². The van der Waals surface area contributed by atoms with E-state index < -0.39 is 11.9 Å². The van der Waals surface area contributed by atoms with Gasteiger partial charge in [0.1, 0.15) is 12.6 Å². The molecule has 0 unspecified atom stereocenters. The molecule has 3 rings (SSSR count). The zero-order chi connectivity index (χ0) is 19.4. The van der Waals surface area contributed by atoms with Crippen molar-refractivity contribution in [1.29, 1.82) is 0 Å². The summed E-state index contributed by atoms with van der Waals surface area (Å²) in [7, 11) is 1.52. The van der Waals surface area contributed by atoms with Gasteiger partial charge in [-0.1, -0.05) is 30.3 Å². The van der Waals surface area contributed by atoms with E-state index >= 15 is 0 Å². The number of hydrogen-bond donors (Lipinski definition) is 0. The summed E-state index contributed by atoms with van der Waals surface area (Å²) in [6.07, 6.45) is 0. The molecule has 0 bridgehead atoms. The number of hydrogen-bond acceptors (Lipinski definition) is 6. The fourth-order valence-electron chi connectivity index (χ4n) is 2.83. The fourth-order valence-corrected chi connectivity index (χ4v) is 2.83. The number of esters is 2. The Labute approximate surface area is 156 Å². The van der Waals surface area contributed by atoms with Crippen LogP contribution in [0.3, 0.4) is 0 Å². The van der Waals surface area contributed by atoms with Crippen LogP contribution in [0.5, 0.6) is 0 Å². The highest BCUT2D eigenvalue weighted by Gasteiger charge is 2.25. The summed E-state index contributed by atoms with van der Waals surface area (Å²) in [5.41, 5.74) is 2.68. The quantitative estimate of drug-likeness (QED) is 0.622. The van der Waals surface area contributed by atoms with Crippen molar-refractivity contribution in [3.63, 3.8) is 0 Å². The minimum Gasteiger partial charge on any atom is -0.462 e. The number of carbonyl (C=O) groups excluding carboxylic acids is 2. The van der Waals surface area contributed by atoms with Crippen LogP contribution in [-0.4, -0.2) is 42.0 Å². The Morgan fingerprint density at radius 3 is 2.30 bits per heavy atom. The molecule has 1 aromatic carbocycles. The van der Waals surface area contributed by atoms with Crippen LogP contribution in [-0.2, 0) is 9.47 Å². The van der Waals surface area contributed by atoms with E-state index in [-0.39, 0.29) is 24.5 Å². The van der Waals surface area contributed by atoms with E-state index in [4.69, 9.17) is 14.3 Å². The van der Waals surface area contributed by atoms with Crippen LogP contribution in [0.1, 0.15) is 34.7 Å². The van der Waals surface area contributed by atoms with Gasteiger partial charge < -0.3 is 14.3 Å². The second kappa shape index (κ2) is 7.90. The maximum absolute atomic E-state index is 12.4. The summed E-state index contributed by atoms with van der Waals surface area (Å²) in [5, 5.41) is 0. The van der Waals surface area contributed by atoms with Crippen molar-refractivity contribution in [2.24, 2.45) is 0 Å². The van der Waals surface area contributed by atoms with Crippen molar-refractivity contribution >= 4 is 23.0 Å². The van der Waals surface area contributed by atoms with Crippen molar-refractivity contribution in [2.45, 2.75) is 13.8 Å². The van der Waals surface area contributed by atoms with Gasteiger partial charge in [0.2, 0.25) is 0 Å². The molecule has 3 aromatic rings. The van der Waals surface area contributed by atoms with Gasteiger partial charge >= 0.3 is 11.9 Å². The van der Waals surface area contributed by atoms with Crippen molar-refractivity contribution in [3.8, 4) is 11.3 Å². The van der Waals surface area contributed by atoms with E-state index in [9.17, 15) is 9.59 Å². The highest BCUT2D eigenvalue weighted by molar-refractivity contribution is 6.05. The molecule has 7 heteroatoms. The van der Waals surface area contributed by atoms with Gasteiger partial charge in [0.25, 0.3) is 0 Å². The number of fused-ring (bicyclic) bond motifs is 1. The van der Waals surface area contributed by atoms with Gasteiger partial charge in [0.15, 0.2) is 5.69 Å². The summed E-state index contributed by atoms with van der Waals surface area (Å²) in [6, 6.07) is 12.9.